The van der Waals surface area contributed by atoms with Crippen LogP contribution in [0.2, 0.25) is 0 Å². The first kappa shape index (κ1) is 11.3. The number of aromatic nitrogens is 3. The molecule has 3 heterocycles. The minimum atomic E-state index is -1.10. The Balaban J connectivity index is 2.27. The topological polar surface area (TPSA) is 107 Å². The quantitative estimate of drug-likeness (QED) is 0.722. The second-order valence-electron chi connectivity index (χ2n) is 4.08. The monoisotopic (exact) mass is 258 g/mol. The number of carboxylic acid groups (broad SMARTS) is 1. The summed E-state index contributed by atoms with van der Waals surface area (Å²) in [5, 5.41) is 13.0. The number of nitrogens with zero attached hydrogens (tertiary/aromatic N) is 3. The number of hydrogen-bond acceptors (Lipinski definition) is 5. The fourth-order valence-corrected chi connectivity index (χ4v) is 1.84. The van der Waals surface area contributed by atoms with Gasteiger partial charge in [0.15, 0.2) is 11.4 Å². The number of nitrogens with two attached hydrogens (primary N) is 1. The molecular formula is C12H10N4O3. The van der Waals surface area contributed by atoms with Crippen molar-refractivity contribution in [3.63, 3.8) is 0 Å². The average molecular weight is 258 g/mol. The molecule has 3 aromatic rings. The van der Waals surface area contributed by atoms with E-state index in [1.54, 1.807) is 18.2 Å². The number of aromatic carboxylic acids is 1. The zero-order valence-electron chi connectivity index (χ0n) is 9.99. The predicted octanol–water partition coefficient (Wildman–Crippen LogP) is 1.58. The minimum Gasteiger partial charge on any atom is -0.477 e. The maximum Gasteiger partial charge on any atom is 0.341 e. The van der Waals surface area contributed by atoms with Gasteiger partial charge in [-0.25, -0.2) is 9.78 Å². The van der Waals surface area contributed by atoms with Gasteiger partial charge in [-0.05, 0) is 19.1 Å². The van der Waals surface area contributed by atoms with Gasteiger partial charge >= 0.3 is 5.97 Å². The lowest BCUT2D eigenvalue weighted by Gasteiger charge is -2.02. The van der Waals surface area contributed by atoms with Crippen LogP contribution < -0.4 is 5.73 Å². The highest BCUT2D eigenvalue weighted by Gasteiger charge is 2.16. The van der Waals surface area contributed by atoms with Gasteiger partial charge in [0.25, 0.3) is 0 Å². The van der Waals surface area contributed by atoms with E-state index in [4.69, 9.17) is 15.3 Å². The molecule has 96 valence electrons. The van der Waals surface area contributed by atoms with Crippen molar-refractivity contribution in [2.45, 2.75) is 6.92 Å². The molecule has 7 nitrogen and oxygen atoms in total. The molecule has 7 heteroatoms. The van der Waals surface area contributed by atoms with Gasteiger partial charge in [-0.15, -0.1) is 0 Å². The van der Waals surface area contributed by atoms with E-state index >= 15 is 0 Å². The van der Waals surface area contributed by atoms with Gasteiger partial charge in [0.2, 0.25) is 0 Å². The number of furan rings is 1. The van der Waals surface area contributed by atoms with Crippen LogP contribution in [0.4, 0.5) is 5.82 Å². The summed E-state index contributed by atoms with van der Waals surface area (Å²) in [6, 6.07) is 5.14. The van der Waals surface area contributed by atoms with Crippen molar-refractivity contribution in [2.75, 3.05) is 5.73 Å². The Hall–Kier alpha value is -2.83. The van der Waals surface area contributed by atoms with Crippen molar-refractivity contribution < 1.29 is 14.3 Å². The Morgan fingerprint density at radius 1 is 1.47 bits per heavy atom. The molecule has 0 amide bonds. The van der Waals surface area contributed by atoms with Crippen molar-refractivity contribution in [1.29, 1.82) is 0 Å². The lowest BCUT2D eigenvalue weighted by atomic mass is 10.3. The summed E-state index contributed by atoms with van der Waals surface area (Å²) >= 11 is 0. The van der Waals surface area contributed by atoms with Crippen LogP contribution in [0, 0.1) is 6.92 Å². The van der Waals surface area contributed by atoms with E-state index in [2.05, 4.69) is 10.1 Å². The van der Waals surface area contributed by atoms with E-state index in [-0.39, 0.29) is 11.2 Å². The molecule has 0 aliphatic carbocycles. The molecule has 0 bridgehead atoms. The highest BCUT2D eigenvalue weighted by Crippen LogP contribution is 2.24. The molecule has 3 N–H and O–H groups in total. The molecule has 0 saturated heterocycles. The lowest BCUT2D eigenvalue weighted by molar-refractivity contribution is 0.0699. The van der Waals surface area contributed by atoms with Crippen molar-refractivity contribution in [3.8, 4) is 11.5 Å². The summed E-state index contributed by atoms with van der Waals surface area (Å²) in [6.07, 6.45) is 1.22. The summed E-state index contributed by atoms with van der Waals surface area (Å²) < 4.78 is 6.74. The SMILES string of the molecule is Cc1ccc(-c2cc(N)n3ncc(C(=O)O)c3n2)o1. The number of nitrogen functional groups attached to an aromatic ring is 1. The van der Waals surface area contributed by atoms with E-state index in [1.165, 1.54) is 10.7 Å². The Morgan fingerprint density at radius 3 is 2.89 bits per heavy atom. The Labute approximate surface area is 107 Å². The van der Waals surface area contributed by atoms with Gasteiger partial charge in [-0.3, -0.25) is 0 Å². The van der Waals surface area contributed by atoms with Crippen LogP contribution in [0.5, 0.6) is 0 Å². The molecule has 3 rings (SSSR count). The van der Waals surface area contributed by atoms with Gasteiger partial charge in [-0.2, -0.15) is 9.61 Å². The van der Waals surface area contributed by atoms with Crippen LogP contribution in [0.3, 0.4) is 0 Å². The zero-order valence-corrected chi connectivity index (χ0v) is 9.99. The molecule has 3 aromatic heterocycles. The number of carboxylic acids is 1. The van der Waals surface area contributed by atoms with Crippen molar-refractivity contribution in [3.05, 3.63) is 35.7 Å². The molecule has 0 aliphatic heterocycles. The van der Waals surface area contributed by atoms with Crippen LogP contribution in [0.25, 0.3) is 17.1 Å². The Kier molecular flexibility index (Phi) is 2.28. The molecule has 0 fully saturated rings. The molecule has 0 aromatic carbocycles. The van der Waals surface area contributed by atoms with Gasteiger partial charge in [-0.1, -0.05) is 0 Å². The van der Waals surface area contributed by atoms with E-state index in [9.17, 15) is 4.79 Å². The maximum absolute atomic E-state index is 11.1. The first-order valence-electron chi connectivity index (χ1n) is 5.50. The van der Waals surface area contributed by atoms with E-state index in [0.717, 1.165) is 5.76 Å². The van der Waals surface area contributed by atoms with E-state index < -0.39 is 5.97 Å². The first-order chi connectivity index (χ1) is 9.06. The van der Waals surface area contributed by atoms with Crippen molar-refractivity contribution >= 4 is 17.4 Å². The third kappa shape index (κ3) is 1.71. The van der Waals surface area contributed by atoms with Crippen molar-refractivity contribution in [2.24, 2.45) is 0 Å². The summed E-state index contributed by atoms with van der Waals surface area (Å²) in [7, 11) is 0. The second kappa shape index (κ2) is 3.84. The minimum absolute atomic E-state index is 0.00294. The molecule has 19 heavy (non-hydrogen) atoms. The second-order valence-corrected chi connectivity index (χ2v) is 4.08. The van der Waals surface area contributed by atoms with E-state index in [1.807, 2.05) is 6.92 Å². The number of rotatable bonds is 2. The predicted molar refractivity (Wildman–Crippen MR) is 66.8 cm³/mol. The number of hydrogen-bond donors (Lipinski definition) is 2. The molecule has 0 spiro atoms. The summed E-state index contributed by atoms with van der Waals surface area (Å²) in [5.74, 6) is 0.461. The Bertz CT molecular complexity index is 787. The summed E-state index contributed by atoms with van der Waals surface area (Å²) in [6.45, 7) is 1.81. The van der Waals surface area contributed by atoms with Crippen LogP contribution in [0.15, 0.2) is 28.8 Å². The van der Waals surface area contributed by atoms with Gasteiger partial charge in [0.05, 0.1) is 6.20 Å². The number of anilines is 1. The van der Waals surface area contributed by atoms with Gasteiger partial charge in [0, 0.05) is 6.07 Å². The van der Waals surface area contributed by atoms with Crippen LogP contribution in [-0.4, -0.2) is 25.7 Å². The van der Waals surface area contributed by atoms with Crippen molar-refractivity contribution in [1.82, 2.24) is 14.6 Å². The summed E-state index contributed by atoms with van der Waals surface area (Å²) in [5.41, 5.74) is 6.50. The molecule has 0 radical (unpaired) electrons. The number of carbonyl (C=O) groups is 1. The van der Waals surface area contributed by atoms with Gasteiger partial charge in [0.1, 0.15) is 22.8 Å². The molecule has 0 saturated carbocycles. The molecule has 0 unspecified atom stereocenters. The number of aryl methyl sites for hydroxylation is 1. The first-order valence-corrected chi connectivity index (χ1v) is 5.50. The molecule has 0 atom stereocenters. The average Bonchev–Trinajstić information content (AvgIpc) is 2.94. The van der Waals surface area contributed by atoms with Crippen LogP contribution >= 0.6 is 0 Å². The molecular weight excluding hydrogens is 248 g/mol. The van der Waals surface area contributed by atoms with E-state index in [0.29, 0.717) is 17.3 Å². The fraction of sp³-hybridized carbons (Fsp3) is 0.0833. The Morgan fingerprint density at radius 2 is 2.26 bits per heavy atom. The zero-order chi connectivity index (χ0) is 13.6. The highest BCUT2D eigenvalue weighted by molar-refractivity contribution is 5.94. The smallest absolute Gasteiger partial charge is 0.341 e. The maximum atomic E-state index is 11.1. The standard InChI is InChI=1S/C12H10N4O3/c1-6-2-3-9(19-6)8-4-10(13)16-11(15-8)7(5-14-16)12(17)18/h2-5H,13H2,1H3,(H,17,18). The fourth-order valence-electron chi connectivity index (χ4n) is 1.84. The lowest BCUT2D eigenvalue weighted by Crippen LogP contribution is -2.03. The number of fused-ring (bicyclic) bond motifs is 1. The largest absolute Gasteiger partial charge is 0.477 e. The third-order valence-electron chi connectivity index (χ3n) is 2.72. The molecule has 0 aliphatic rings. The third-order valence-corrected chi connectivity index (χ3v) is 2.72. The summed E-state index contributed by atoms with van der Waals surface area (Å²) in [4.78, 5) is 15.3. The van der Waals surface area contributed by atoms with Crippen LogP contribution in [0.1, 0.15) is 16.1 Å². The van der Waals surface area contributed by atoms with Crippen LogP contribution in [-0.2, 0) is 0 Å². The van der Waals surface area contributed by atoms with Gasteiger partial charge < -0.3 is 15.3 Å². The highest BCUT2D eigenvalue weighted by atomic mass is 16.4. The normalized spacial score (nSPS) is 11.0.